The van der Waals surface area contributed by atoms with Crippen LogP contribution in [0.4, 0.5) is 0 Å². The molecule has 0 radical (unpaired) electrons. The molecule has 1 aliphatic rings. The Labute approximate surface area is 181 Å². The molecule has 1 unspecified atom stereocenters. The number of aliphatic hydroxyl groups is 1. The first-order valence-electron chi connectivity index (χ1n) is 11.2. The van der Waals surface area contributed by atoms with Gasteiger partial charge in [-0.25, -0.2) is 0 Å². The van der Waals surface area contributed by atoms with Gasteiger partial charge in [0.1, 0.15) is 12.2 Å². The third-order valence-electron chi connectivity index (χ3n) is 6.08. The van der Waals surface area contributed by atoms with Gasteiger partial charge in [0, 0.05) is 5.92 Å². The molecule has 3 rings (SSSR count). The fourth-order valence-corrected chi connectivity index (χ4v) is 4.19. The van der Waals surface area contributed by atoms with Gasteiger partial charge < -0.3 is 19.3 Å². The van der Waals surface area contributed by atoms with Crippen LogP contribution in [0.25, 0.3) is 0 Å². The van der Waals surface area contributed by atoms with Crippen molar-refractivity contribution in [3.05, 3.63) is 71.8 Å². The predicted octanol–water partition coefficient (Wildman–Crippen LogP) is 4.99. The van der Waals surface area contributed by atoms with E-state index in [0.717, 1.165) is 17.5 Å². The summed E-state index contributed by atoms with van der Waals surface area (Å²) in [4.78, 5) is 0. The molecule has 1 heterocycles. The lowest BCUT2D eigenvalue weighted by Crippen LogP contribution is -2.59. The van der Waals surface area contributed by atoms with E-state index in [0.29, 0.717) is 13.2 Å². The molecule has 30 heavy (non-hydrogen) atoms. The van der Waals surface area contributed by atoms with Gasteiger partial charge in [-0.3, -0.25) is 0 Å². The van der Waals surface area contributed by atoms with Gasteiger partial charge in [0.05, 0.1) is 31.5 Å². The first-order chi connectivity index (χ1) is 14.5. The maximum Gasteiger partial charge on any atom is 0.113 e. The van der Waals surface area contributed by atoms with Crippen molar-refractivity contribution >= 4 is 0 Å². The molecular weight excluding hydrogens is 376 g/mol. The van der Waals surface area contributed by atoms with Gasteiger partial charge in [-0.1, -0.05) is 88.4 Å². The quantitative estimate of drug-likeness (QED) is 0.630. The van der Waals surface area contributed by atoms with Crippen molar-refractivity contribution in [3.63, 3.8) is 0 Å². The molecule has 1 N–H and O–H groups in total. The standard InChI is InChI=1S/C26H36O4/c1-5-22-19(4)24(28-16-20-12-8-6-9-13-20)26(25(30-22)23(27)18(2)3)29-17-21-14-10-7-11-15-21/h6-15,18-19,22-27H,5,16-17H2,1-4H3/t19-,22+,23?,24-,25-,26+/m0/s1. The van der Waals surface area contributed by atoms with E-state index < -0.39 is 12.2 Å². The second kappa shape index (κ2) is 11.1. The second-order valence-electron chi connectivity index (χ2n) is 8.66. The SMILES string of the molecule is CC[C@H]1O[C@@H](C(O)C(C)C)[C@H](OCc2ccccc2)[C@@H](OCc2ccccc2)[C@H]1C. The number of aliphatic hydroxyl groups excluding tert-OH is 1. The number of ether oxygens (including phenoxy) is 3. The van der Waals surface area contributed by atoms with Crippen LogP contribution < -0.4 is 0 Å². The highest BCUT2D eigenvalue weighted by Crippen LogP contribution is 2.35. The number of rotatable bonds is 9. The summed E-state index contributed by atoms with van der Waals surface area (Å²) >= 11 is 0. The smallest absolute Gasteiger partial charge is 0.113 e. The summed E-state index contributed by atoms with van der Waals surface area (Å²) in [7, 11) is 0. The zero-order chi connectivity index (χ0) is 21.5. The van der Waals surface area contributed by atoms with Crippen LogP contribution in [-0.4, -0.2) is 35.6 Å². The fraction of sp³-hybridized carbons (Fsp3) is 0.538. The van der Waals surface area contributed by atoms with Crippen LogP contribution in [0.15, 0.2) is 60.7 Å². The van der Waals surface area contributed by atoms with E-state index in [2.05, 4.69) is 38.1 Å². The fourth-order valence-electron chi connectivity index (χ4n) is 4.19. The minimum absolute atomic E-state index is 0.0285. The average Bonchev–Trinajstić information content (AvgIpc) is 2.77. The number of hydrogen-bond donors (Lipinski definition) is 1. The Morgan fingerprint density at radius 3 is 1.83 bits per heavy atom. The number of benzene rings is 2. The van der Waals surface area contributed by atoms with Gasteiger partial charge >= 0.3 is 0 Å². The first kappa shape index (κ1) is 23.0. The summed E-state index contributed by atoms with van der Waals surface area (Å²) in [5.41, 5.74) is 2.23. The minimum atomic E-state index is -0.616. The van der Waals surface area contributed by atoms with Crippen LogP contribution in [0.5, 0.6) is 0 Å². The van der Waals surface area contributed by atoms with E-state index >= 15 is 0 Å². The van der Waals surface area contributed by atoms with Crippen molar-refractivity contribution in [2.75, 3.05) is 0 Å². The highest BCUT2D eigenvalue weighted by molar-refractivity contribution is 5.14. The van der Waals surface area contributed by atoms with E-state index in [1.54, 1.807) is 0 Å². The predicted molar refractivity (Wildman–Crippen MR) is 119 cm³/mol. The Morgan fingerprint density at radius 2 is 1.37 bits per heavy atom. The van der Waals surface area contributed by atoms with Crippen molar-refractivity contribution in [3.8, 4) is 0 Å². The van der Waals surface area contributed by atoms with Crippen LogP contribution in [0, 0.1) is 11.8 Å². The zero-order valence-electron chi connectivity index (χ0n) is 18.6. The molecule has 0 amide bonds. The Balaban J connectivity index is 1.83. The first-order valence-corrected chi connectivity index (χ1v) is 11.2. The molecule has 0 aliphatic carbocycles. The molecule has 0 bridgehead atoms. The molecule has 2 aromatic rings. The molecule has 2 aromatic carbocycles. The van der Waals surface area contributed by atoms with Crippen LogP contribution >= 0.6 is 0 Å². The van der Waals surface area contributed by atoms with E-state index in [4.69, 9.17) is 14.2 Å². The summed E-state index contributed by atoms with van der Waals surface area (Å²) in [5.74, 6) is 0.230. The maximum absolute atomic E-state index is 11.0. The topological polar surface area (TPSA) is 47.9 Å². The van der Waals surface area contributed by atoms with Crippen molar-refractivity contribution in [2.45, 2.75) is 77.8 Å². The van der Waals surface area contributed by atoms with Gasteiger partial charge in [-0.2, -0.15) is 0 Å². The van der Waals surface area contributed by atoms with Gasteiger partial charge in [-0.15, -0.1) is 0 Å². The zero-order valence-corrected chi connectivity index (χ0v) is 18.6. The minimum Gasteiger partial charge on any atom is -0.390 e. The third kappa shape index (κ3) is 5.70. The van der Waals surface area contributed by atoms with Gasteiger partial charge in [-0.05, 0) is 23.5 Å². The van der Waals surface area contributed by atoms with Crippen molar-refractivity contribution < 1.29 is 19.3 Å². The van der Waals surface area contributed by atoms with E-state index in [1.165, 1.54) is 0 Å². The average molecular weight is 413 g/mol. The van der Waals surface area contributed by atoms with E-state index in [1.807, 2.05) is 50.2 Å². The van der Waals surface area contributed by atoms with Gasteiger partial charge in [0.25, 0.3) is 0 Å². The van der Waals surface area contributed by atoms with Crippen LogP contribution in [0.1, 0.15) is 45.2 Å². The summed E-state index contributed by atoms with van der Waals surface area (Å²) in [6, 6.07) is 20.3. The molecule has 0 aromatic heterocycles. The Morgan fingerprint density at radius 1 is 0.867 bits per heavy atom. The van der Waals surface area contributed by atoms with Crippen LogP contribution in [0.3, 0.4) is 0 Å². The largest absolute Gasteiger partial charge is 0.390 e. The van der Waals surface area contributed by atoms with Gasteiger partial charge in [0.2, 0.25) is 0 Å². The van der Waals surface area contributed by atoms with Crippen LogP contribution in [-0.2, 0) is 27.4 Å². The molecule has 1 aliphatic heterocycles. The second-order valence-corrected chi connectivity index (χ2v) is 8.66. The van der Waals surface area contributed by atoms with Crippen LogP contribution in [0.2, 0.25) is 0 Å². The molecule has 6 atom stereocenters. The Bertz CT molecular complexity index is 733. The van der Waals surface area contributed by atoms with E-state index in [9.17, 15) is 5.11 Å². The third-order valence-corrected chi connectivity index (χ3v) is 6.08. The lowest BCUT2D eigenvalue weighted by molar-refractivity contribution is -0.255. The Hall–Kier alpha value is -1.72. The molecule has 1 saturated heterocycles. The van der Waals surface area contributed by atoms with E-state index in [-0.39, 0.29) is 30.1 Å². The summed E-state index contributed by atoms with van der Waals surface area (Å²) < 4.78 is 19.3. The lowest BCUT2D eigenvalue weighted by atomic mass is 9.83. The number of hydrogen-bond acceptors (Lipinski definition) is 4. The van der Waals surface area contributed by atoms with Crippen molar-refractivity contribution in [1.82, 2.24) is 0 Å². The molecule has 4 nitrogen and oxygen atoms in total. The molecule has 164 valence electrons. The molecule has 4 heteroatoms. The Kier molecular flexibility index (Phi) is 8.46. The highest BCUT2D eigenvalue weighted by atomic mass is 16.6. The normalized spacial score (nSPS) is 27.9. The molecule has 0 saturated carbocycles. The molecule has 0 spiro atoms. The maximum atomic E-state index is 11.0. The van der Waals surface area contributed by atoms with Gasteiger partial charge in [0.15, 0.2) is 0 Å². The lowest BCUT2D eigenvalue weighted by Gasteiger charge is -2.47. The monoisotopic (exact) mass is 412 g/mol. The summed E-state index contributed by atoms with van der Waals surface area (Å²) in [6.45, 7) is 9.30. The van der Waals surface area contributed by atoms with Crippen molar-refractivity contribution in [1.29, 1.82) is 0 Å². The summed E-state index contributed by atoms with van der Waals surface area (Å²) in [6.07, 6.45) is -0.638. The summed E-state index contributed by atoms with van der Waals surface area (Å²) in [5, 5.41) is 11.0. The molecular formula is C26H36O4. The van der Waals surface area contributed by atoms with Crippen molar-refractivity contribution in [2.24, 2.45) is 11.8 Å². The highest BCUT2D eigenvalue weighted by Gasteiger charge is 2.47. The molecule has 1 fully saturated rings.